The quantitative estimate of drug-likeness (QED) is 0.0501. The molecule has 0 aliphatic carbocycles. The van der Waals surface area contributed by atoms with Crippen LogP contribution in [-0.2, 0) is 0 Å². The number of phenolic OH excluding ortho intramolecular Hbond substituents is 8. The normalized spacial score (nSPS) is 11.9. The lowest BCUT2D eigenvalue weighted by molar-refractivity contribution is 0.350. The van der Waals surface area contributed by atoms with Crippen LogP contribution >= 0.6 is 0 Å². The van der Waals surface area contributed by atoms with E-state index in [1.165, 1.54) is 0 Å². The average molecular weight is 725 g/mol. The number of benzene rings is 9. The van der Waals surface area contributed by atoms with Crippen molar-refractivity contribution in [1.29, 1.82) is 0 Å². The van der Waals surface area contributed by atoms with Gasteiger partial charge in [0.2, 0.25) is 23.0 Å². The van der Waals surface area contributed by atoms with Gasteiger partial charge in [0.25, 0.3) is 0 Å². The van der Waals surface area contributed by atoms with Crippen LogP contribution in [0.3, 0.4) is 0 Å². The highest BCUT2D eigenvalue weighted by Crippen LogP contribution is 2.62. The zero-order valence-electron chi connectivity index (χ0n) is 28.5. The summed E-state index contributed by atoms with van der Waals surface area (Å²) in [6.45, 7) is 0. The second kappa shape index (κ2) is 11.4. The lowest BCUT2D eigenvalue weighted by Gasteiger charge is -2.22. The maximum atomic E-state index is 11.7. The summed E-state index contributed by atoms with van der Waals surface area (Å²) >= 11 is 0. The third-order valence-electron chi connectivity index (χ3n) is 10.7. The predicted molar refractivity (Wildman–Crippen MR) is 213 cm³/mol. The van der Waals surface area contributed by atoms with Crippen molar-refractivity contribution >= 4 is 65.0 Å². The van der Waals surface area contributed by atoms with Gasteiger partial charge in [-0.25, -0.2) is 0 Å². The van der Waals surface area contributed by atoms with Gasteiger partial charge in [-0.1, -0.05) is 91.0 Å². The molecule has 9 aromatic carbocycles. The fraction of sp³-hybridized carbons (Fsp3) is 0. The molecule has 9 nitrogen and oxygen atoms in total. The van der Waals surface area contributed by atoms with E-state index < -0.39 is 46.0 Å². The van der Waals surface area contributed by atoms with E-state index in [0.29, 0.717) is 27.7 Å². The van der Waals surface area contributed by atoms with Crippen molar-refractivity contribution < 1.29 is 45.3 Å². The van der Waals surface area contributed by atoms with Gasteiger partial charge in [-0.3, -0.25) is 0 Å². The molecule has 266 valence electrons. The zero-order valence-corrected chi connectivity index (χ0v) is 28.5. The Kier molecular flexibility index (Phi) is 6.59. The lowest BCUT2D eigenvalue weighted by Crippen LogP contribution is -1.94. The van der Waals surface area contributed by atoms with Gasteiger partial charge in [0.05, 0.1) is 0 Å². The van der Waals surface area contributed by atoms with E-state index in [1.54, 1.807) is 42.5 Å². The highest BCUT2D eigenvalue weighted by molar-refractivity contribution is 6.29. The second-order valence-electron chi connectivity index (χ2n) is 13.7. The van der Waals surface area contributed by atoms with E-state index in [0.717, 1.165) is 38.1 Å². The molecule has 0 amide bonds. The van der Waals surface area contributed by atoms with Crippen LogP contribution in [-0.4, -0.2) is 40.9 Å². The number of aromatic hydroxyl groups is 8. The summed E-state index contributed by atoms with van der Waals surface area (Å²) in [5.74, 6) is -7.48. The first kappa shape index (κ1) is 31.9. The number of rotatable bonds is 3. The van der Waals surface area contributed by atoms with Crippen molar-refractivity contribution in [3.63, 3.8) is 0 Å². The Morgan fingerprint density at radius 1 is 0.291 bits per heavy atom. The van der Waals surface area contributed by atoms with E-state index in [4.69, 9.17) is 4.42 Å². The molecule has 55 heavy (non-hydrogen) atoms. The van der Waals surface area contributed by atoms with Gasteiger partial charge in [-0.05, 0) is 74.1 Å². The van der Waals surface area contributed by atoms with Crippen LogP contribution in [0.1, 0.15) is 0 Å². The van der Waals surface area contributed by atoms with Crippen LogP contribution in [0.25, 0.3) is 98.4 Å². The SMILES string of the molecule is Oc1c(O)c(O)c2c(-c3ccc4oc5cc6ccccc6cc5c4c3)c3c(O)c(O)c(O)c(O)c3c(-c3ccc(-c4ccc5ccccc5c4)cc3)c2c1O. The molecule has 0 radical (unpaired) electrons. The number of hydrogen-bond acceptors (Lipinski definition) is 9. The number of hydrogen-bond donors (Lipinski definition) is 8. The van der Waals surface area contributed by atoms with Crippen molar-refractivity contribution in [1.82, 2.24) is 0 Å². The van der Waals surface area contributed by atoms with Crippen LogP contribution in [0.15, 0.2) is 126 Å². The predicted octanol–water partition coefficient (Wildman–Crippen LogP) is 10.8. The molecule has 10 aromatic rings. The Bertz CT molecular complexity index is 3210. The minimum absolute atomic E-state index is 0.0219. The summed E-state index contributed by atoms with van der Waals surface area (Å²) < 4.78 is 6.20. The third-order valence-corrected chi connectivity index (χ3v) is 10.7. The van der Waals surface area contributed by atoms with Crippen molar-refractivity contribution in [3.05, 3.63) is 121 Å². The van der Waals surface area contributed by atoms with Gasteiger partial charge in [0, 0.05) is 43.4 Å². The minimum atomic E-state index is -1.03. The molecule has 8 N–H and O–H groups in total. The molecule has 0 aliphatic heterocycles. The van der Waals surface area contributed by atoms with Crippen LogP contribution < -0.4 is 0 Å². The van der Waals surface area contributed by atoms with Crippen LogP contribution in [0.5, 0.6) is 46.0 Å². The summed E-state index contributed by atoms with van der Waals surface area (Å²) in [7, 11) is 0. The Hall–Kier alpha value is -7.78. The average Bonchev–Trinajstić information content (AvgIpc) is 3.57. The molecule has 1 heterocycles. The van der Waals surface area contributed by atoms with Crippen LogP contribution in [0.2, 0.25) is 0 Å². The van der Waals surface area contributed by atoms with Gasteiger partial charge in [0.15, 0.2) is 23.0 Å². The molecule has 0 spiro atoms. The lowest BCUT2D eigenvalue weighted by atomic mass is 9.83. The maximum absolute atomic E-state index is 11.7. The number of phenols is 8. The van der Waals surface area contributed by atoms with E-state index in [-0.39, 0.29) is 32.7 Å². The first-order valence-electron chi connectivity index (χ1n) is 17.3. The van der Waals surface area contributed by atoms with Crippen LogP contribution in [0.4, 0.5) is 0 Å². The molecular formula is C46H28O9. The standard InChI is InChI=1S/C46H28O9/c47-39-35-33(23-12-9-22(10-13-23)27-14-11-21-5-1-2-6-24(21)17-27)36-38(42(50)46(54)44(52)40(36)48)34(37(35)41(49)45(53)43(39)51)28-15-16-31-29(19-28)30-18-25-7-3-4-8-26(25)20-32(30)55-31/h1-20,47-54H. The molecule has 0 bridgehead atoms. The van der Waals surface area contributed by atoms with Crippen molar-refractivity contribution in [3.8, 4) is 79.4 Å². The van der Waals surface area contributed by atoms with Gasteiger partial charge in [0.1, 0.15) is 11.2 Å². The fourth-order valence-corrected chi connectivity index (χ4v) is 8.01. The first-order valence-corrected chi connectivity index (χ1v) is 17.3. The monoisotopic (exact) mass is 724 g/mol. The summed E-state index contributed by atoms with van der Waals surface area (Å²) in [6, 6.07) is 37.7. The smallest absolute Gasteiger partial charge is 0.204 e. The molecule has 0 unspecified atom stereocenters. The van der Waals surface area contributed by atoms with Crippen molar-refractivity contribution in [2.24, 2.45) is 0 Å². The molecule has 0 atom stereocenters. The maximum Gasteiger partial charge on any atom is 0.204 e. The summed E-state index contributed by atoms with van der Waals surface area (Å²) in [6.07, 6.45) is 0. The molecule has 0 saturated heterocycles. The van der Waals surface area contributed by atoms with Gasteiger partial charge < -0.3 is 45.3 Å². The summed E-state index contributed by atoms with van der Waals surface area (Å²) in [4.78, 5) is 0. The Labute approximate surface area is 310 Å². The minimum Gasteiger partial charge on any atom is -0.504 e. The largest absolute Gasteiger partial charge is 0.504 e. The first-order chi connectivity index (χ1) is 26.6. The van der Waals surface area contributed by atoms with Gasteiger partial charge >= 0.3 is 0 Å². The summed E-state index contributed by atoms with van der Waals surface area (Å²) in [5, 5.41) is 95.0. The highest BCUT2D eigenvalue weighted by atomic mass is 16.4. The molecule has 0 fully saturated rings. The van der Waals surface area contributed by atoms with Crippen molar-refractivity contribution in [2.75, 3.05) is 0 Å². The molecule has 1 aromatic heterocycles. The molecule has 10 rings (SSSR count). The second-order valence-corrected chi connectivity index (χ2v) is 13.7. The fourth-order valence-electron chi connectivity index (χ4n) is 8.01. The molecular weight excluding hydrogens is 696 g/mol. The van der Waals surface area contributed by atoms with E-state index in [9.17, 15) is 40.9 Å². The zero-order chi connectivity index (χ0) is 37.9. The van der Waals surface area contributed by atoms with Gasteiger partial charge in [-0.15, -0.1) is 0 Å². The number of fused-ring (bicyclic) bond motifs is 7. The Balaban J connectivity index is 1.31. The van der Waals surface area contributed by atoms with E-state index >= 15 is 0 Å². The Morgan fingerprint density at radius 3 is 1.27 bits per heavy atom. The van der Waals surface area contributed by atoms with E-state index in [2.05, 4.69) is 0 Å². The number of furan rings is 1. The molecule has 9 heteroatoms. The molecule has 0 saturated carbocycles. The van der Waals surface area contributed by atoms with E-state index in [1.807, 2.05) is 78.9 Å². The Morgan fingerprint density at radius 2 is 0.709 bits per heavy atom. The molecule has 0 aliphatic rings. The van der Waals surface area contributed by atoms with Crippen LogP contribution in [0, 0.1) is 0 Å². The highest BCUT2D eigenvalue weighted by Gasteiger charge is 2.32. The summed E-state index contributed by atoms with van der Waals surface area (Å²) in [5.41, 5.74) is 3.44. The topological polar surface area (TPSA) is 175 Å². The van der Waals surface area contributed by atoms with Crippen molar-refractivity contribution in [2.45, 2.75) is 0 Å². The van der Waals surface area contributed by atoms with Gasteiger partial charge in [-0.2, -0.15) is 0 Å². The third kappa shape index (κ3) is 4.47.